The molecule has 0 amide bonds. The van der Waals surface area contributed by atoms with Gasteiger partial charge in [0.2, 0.25) is 0 Å². The summed E-state index contributed by atoms with van der Waals surface area (Å²) in [6, 6.07) is 10.1. The van der Waals surface area contributed by atoms with Crippen LogP contribution in [-0.2, 0) is 13.1 Å². The number of furan rings is 1. The standard InChI is InChI=1S/C17H23ClN2O/c1-13(2)10-19-11-14-6-7-17(16(18)9-14)20(3)12-15-5-4-8-21-15/h4-9,13,19H,10-12H2,1-3H3. The van der Waals surface area contributed by atoms with Crippen molar-refractivity contribution in [2.75, 3.05) is 18.5 Å². The van der Waals surface area contributed by atoms with Gasteiger partial charge >= 0.3 is 0 Å². The minimum atomic E-state index is 0.652. The Morgan fingerprint density at radius 2 is 2.10 bits per heavy atom. The molecule has 1 aromatic carbocycles. The van der Waals surface area contributed by atoms with Gasteiger partial charge in [-0.15, -0.1) is 0 Å². The molecule has 0 aliphatic carbocycles. The van der Waals surface area contributed by atoms with Crippen molar-refractivity contribution in [2.24, 2.45) is 5.92 Å². The summed E-state index contributed by atoms with van der Waals surface area (Å²) in [4.78, 5) is 2.09. The maximum atomic E-state index is 6.41. The van der Waals surface area contributed by atoms with Crippen LogP contribution in [0.2, 0.25) is 5.02 Å². The third-order valence-corrected chi connectivity index (χ3v) is 3.58. The molecule has 3 nitrogen and oxygen atoms in total. The van der Waals surface area contributed by atoms with Crippen molar-refractivity contribution in [1.29, 1.82) is 0 Å². The fourth-order valence-corrected chi connectivity index (χ4v) is 2.54. The van der Waals surface area contributed by atoms with E-state index in [1.165, 1.54) is 5.56 Å². The lowest BCUT2D eigenvalue weighted by molar-refractivity contribution is 0.507. The van der Waals surface area contributed by atoms with Crippen molar-refractivity contribution in [3.8, 4) is 0 Å². The summed E-state index contributed by atoms with van der Waals surface area (Å²) in [6.45, 7) is 6.97. The number of nitrogens with one attached hydrogen (secondary N) is 1. The molecule has 4 heteroatoms. The van der Waals surface area contributed by atoms with Crippen LogP contribution in [-0.4, -0.2) is 13.6 Å². The van der Waals surface area contributed by atoms with Gasteiger partial charge in [0.05, 0.1) is 23.5 Å². The molecule has 1 aromatic heterocycles. The van der Waals surface area contributed by atoms with Gasteiger partial charge in [-0.2, -0.15) is 0 Å². The van der Waals surface area contributed by atoms with E-state index >= 15 is 0 Å². The fraction of sp³-hybridized carbons (Fsp3) is 0.412. The molecule has 0 aliphatic rings. The summed E-state index contributed by atoms with van der Waals surface area (Å²) in [5.74, 6) is 1.58. The highest BCUT2D eigenvalue weighted by Crippen LogP contribution is 2.27. The molecule has 0 bridgehead atoms. The van der Waals surface area contributed by atoms with Crippen molar-refractivity contribution in [3.63, 3.8) is 0 Å². The summed E-state index contributed by atoms with van der Waals surface area (Å²) in [5.41, 5.74) is 2.22. The SMILES string of the molecule is CC(C)CNCc1ccc(N(C)Cc2ccco2)c(Cl)c1. The quantitative estimate of drug-likeness (QED) is 0.826. The second-order valence-corrected chi connectivity index (χ2v) is 6.15. The first kappa shape index (κ1) is 15.9. The zero-order valence-corrected chi connectivity index (χ0v) is 13.7. The summed E-state index contributed by atoms with van der Waals surface area (Å²) in [7, 11) is 2.01. The Hall–Kier alpha value is -1.45. The first-order valence-corrected chi connectivity index (χ1v) is 7.66. The van der Waals surface area contributed by atoms with Crippen LogP contribution in [0.5, 0.6) is 0 Å². The highest BCUT2D eigenvalue weighted by atomic mass is 35.5. The second-order valence-electron chi connectivity index (χ2n) is 5.75. The second kappa shape index (κ2) is 7.53. The van der Waals surface area contributed by atoms with Crippen molar-refractivity contribution in [3.05, 3.63) is 52.9 Å². The van der Waals surface area contributed by atoms with Gasteiger partial charge in [0.15, 0.2) is 0 Å². The summed E-state index contributed by atoms with van der Waals surface area (Å²) >= 11 is 6.41. The Kier molecular flexibility index (Phi) is 5.71. The number of halogens is 1. The molecule has 1 N–H and O–H groups in total. The van der Waals surface area contributed by atoms with E-state index in [-0.39, 0.29) is 0 Å². The number of hydrogen-bond acceptors (Lipinski definition) is 3. The first-order valence-electron chi connectivity index (χ1n) is 7.29. The maximum Gasteiger partial charge on any atom is 0.123 e. The lowest BCUT2D eigenvalue weighted by atomic mass is 10.1. The van der Waals surface area contributed by atoms with E-state index in [4.69, 9.17) is 16.0 Å². The van der Waals surface area contributed by atoms with E-state index in [1.807, 2.05) is 25.2 Å². The van der Waals surface area contributed by atoms with Gasteiger partial charge in [0.1, 0.15) is 5.76 Å². The molecule has 0 radical (unpaired) electrons. The van der Waals surface area contributed by atoms with Crippen LogP contribution in [0.4, 0.5) is 5.69 Å². The highest BCUT2D eigenvalue weighted by molar-refractivity contribution is 6.33. The van der Waals surface area contributed by atoms with Gasteiger partial charge in [-0.1, -0.05) is 31.5 Å². The minimum absolute atomic E-state index is 0.652. The van der Waals surface area contributed by atoms with E-state index in [2.05, 4.69) is 36.2 Å². The Morgan fingerprint density at radius 3 is 2.71 bits per heavy atom. The van der Waals surface area contributed by atoms with Crippen molar-refractivity contribution in [1.82, 2.24) is 5.32 Å². The molecule has 0 spiro atoms. The smallest absolute Gasteiger partial charge is 0.123 e. The molecular weight excluding hydrogens is 284 g/mol. The Labute approximate surface area is 131 Å². The van der Waals surface area contributed by atoms with Crippen molar-refractivity contribution < 1.29 is 4.42 Å². The van der Waals surface area contributed by atoms with Crippen LogP contribution in [0.1, 0.15) is 25.2 Å². The molecular formula is C17H23ClN2O. The van der Waals surface area contributed by atoms with Gasteiger partial charge in [-0.25, -0.2) is 0 Å². The molecule has 0 saturated carbocycles. The van der Waals surface area contributed by atoms with Crippen LogP contribution in [0.15, 0.2) is 41.0 Å². The van der Waals surface area contributed by atoms with E-state index in [1.54, 1.807) is 6.26 Å². The van der Waals surface area contributed by atoms with Crippen molar-refractivity contribution >= 4 is 17.3 Å². The molecule has 0 aliphatic heterocycles. The van der Waals surface area contributed by atoms with E-state index in [9.17, 15) is 0 Å². The fourth-order valence-electron chi connectivity index (χ4n) is 2.20. The van der Waals surface area contributed by atoms with Crippen LogP contribution in [0.25, 0.3) is 0 Å². The topological polar surface area (TPSA) is 28.4 Å². The Bertz CT molecular complexity index is 552. The molecule has 1 heterocycles. The van der Waals surface area contributed by atoms with Crippen LogP contribution < -0.4 is 10.2 Å². The first-order chi connectivity index (χ1) is 10.1. The Morgan fingerprint density at radius 1 is 1.29 bits per heavy atom. The number of hydrogen-bond donors (Lipinski definition) is 1. The summed E-state index contributed by atoms with van der Waals surface area (Å²) in [5, 5.41) is 4.20. The van der Waals surface area contributed by atoms with Gasteiger partial charge in [-0.05, 0) is 42.3 Å². The van der Waals surface area contributed by atoms with E-state index in [0.717, 1.165) is 29.6 Å². The van der Waals surface area contributed by atoms with Gasteiger partial charge in [-0.3, -0.25) is 0 Å². The minimum Gasteiger partial charge on any atom is -0.467 e. The molecule has 0 unspecified atom stereocenters. The van der Waals surface area contributed by atoms with E-state index in [0.29, 0.717) is 12.5 Å². The lowest BCUT2D eigenvalue weighted by Crippen LogP contribution is -2.19. The number of nitrogens with zero attached hydrogens (tertiary/aromatic N) is 1. The Balaban J connectivity index is 1.98. The lowest BCUT2D eigenvalue weighted by Gasteiger charge is -2.20. The molecule has 2 aromatic rings. The van der Waals surface area contributed by atoms with Crippen LogP contribution in [0.3, 0.4) is 0 Å². The summed E-state index contributed by atoms with van der Waals surface area (Å²) in [6.07, 6.45) is 1.69. The number of anilines is 1. The predicted octanol–water partition coefficient (Wildman–Crippen LogP) is 4.32. The number of rotatable bonds is 7. The summed E-state index contributed by atoms with van der Waals surface area (Å²) < 4.78 is 5.37. The molecule has 21 heavy (non-hydrogen) atoms. The monoisotopic (exact) mass is 306 g/mol. The average Bonchev–Trinajstić information content (AvgIpc) is 2.91. The maximum absolute atomic E-state index is 6.41. The van der Waals surface area contributed by atoms with Crippen molar-refractivity contribution in [2.45, 2.75) is 26.9 Å². The predicted molar refractivity (Wildman–Crippen MR) is 88.8 cm³/mol. The molecule has 0 saturated heterocycles. The third kappa shape index (κ3) is 4.80. The highest BCUT2D eigenvalue weighted by Gasteiger charge is 2.09. The molecule has 114 valence electrons. The zero-order valence-electron chi connectivity index (χ0n) is 12.9. The molecule has 0 fully saturated rings. The zero-order chi connectivity index (χ0) is 15.2. The molecule has 2 rings (SSSR count). The van der Waals surface area contributed by atoms with Crippen LogP contribution in [0, 0.1) is 5.92 Å². The van der Waals surface area contributed by atoms with Gasteiger partial charge in [0, 0.05) is 13.6 Å². The van der Waals surface area contributed by atoms with E-state index < -0.39 is 0 Å². The average molecular weight is 307 g/mol. The molecule has 0 atom stereocenters. The van der Waals surface area contributed by atoms with Gasteiger partial charge < -0.3 is 14.6 Å². The number of benzene rings is 1. The van der Waals surface area contributed by atoms with Gasteiger partial charge in [0.25, 0.3) is 0 Å². The largest absolute Gasteiger partial charge is 0.467 e. The third-order valence-electron chi connectivity index (χ3n) is 3.28. The van der Waals surface area contributed by atoms with Crippen LogP contribution >= 0.6 is 11.6 Å². The normalized spacial score (nSPS) is 11.1.